The Morgan fingerprint density at radius 2 is 2.43 bits per heavy atom. The van der Waals surface area contributed by atoms with E-state index in [0.29, 0.717) is 5.92 Å². The molecule has 0 radical (unpaired) electrons. The molecule has 1 aromatic heterocycles. The number of anilines is 1. The Hall–Kier alpha value is -1.92. The van der Waals surface area contributed by atoms with Crippen molar-refractivity contribution in [3.05, 3.63) is 40.3 Å². The van der Waals surface area contributed by atoms with Gasteiger partial charge in [0, 0.05) is 30.6 Å². The summed E-state index contributed by atoms with van der Waals surface area (Å²) in [6.45, 7) is 3.87. The Morgan fingerprint density at radius 3 is 3.24 bits per heavy atom. The highest BCUT2D eigenvalue weighted by Crippen LogP contribution is 2.28. The second-order valence-electron chi connectivity index (χ2n) is 5.07. The fourth-order valence-corrected chi connectivity index (χ4v) is 2.94. The van der Waals surface area contributed by atoms with Crippen LogP contribution in [0.2, 0.25) is 0 Å². The van der Waals surface area contributed by atoms with Gasteiger partial charge in [-0.2, -0.15) is 0 Å². The third kappa shape index (κ3) is 3.40. The minimum Gasteiger partial charge on any atom is -0.482 e. The standard InChI is InChI=1S/C15H17N3O2S/c1-10(15-17-4-5-21-15)7-16-8-11-2-3-13-12(6-11)18-14(19)9-20-13/h2-6,10,16H,7-9H2,1H3,(H,18,19). The summed E-state index contributed by atoms with van der Waals surface area (Å²) < 4.78 is 5.34. The molecule has 1 atom stereocenters. The number of thiazole rings is 1. The van der Waals surface area contributed by atoms with Crippen LogP contribution in [0.3, 0.4) is 0 Å². The number of hydrogen-bond donors (Lipinski definition) is 2. The number of carbonyl (C=O) groups is 1. The van der Waals surface area contributed by atoms with Gasteiger partial charge in [0.15, 0.2) is 6.61 Å². The first-order valence-electron chi connectivity index (χ1n) is 6.88. The van der Waals surface area contributed by atoms with Gasteiger partial charge < -0.3 is 15.4 Å². The molecular formula is C15H17N3O2S. The number of ether oxygens (including phenoxy) is 1. The predicted molar refractivity (Wildman–Crippen MR) is 82.8 cm³/mol. The molecule has 6 heteroatoms. The molecular weight excluding hydrogens is 286 g/mol. The summed E-state index contributed by atoms with van der Waals surface area (Å²) in [6.07, 6.45) is 1.84. The first-order valence-corrected chi connectivity index (χ1v) is 7.76. The quantitative estimate of drug-likeness (QED) is 0.890. The largest absolute Gasteiger partial charge is 0.482 e. The molecule has 21 heavy (non-hydrogen) atoms. The van der Waals surface area contributed by atoms with Gasteiger partial charge in [-0.25, -0.2) is 4.98 Å². The topological polar surface area (TPSA) is 63.2 Å². The van der Waals surface area contributed by atoms with Gasteiger partial charge in [-0.3, -0.25) is 4.79 Å². The first-order chi connectivity index (χ1) is 10.2. The summed E-state index contributed by atoms with van der Waals surface area (Å²) in [6, 6.07) is 5.86. The van der Waals surface area contributed by atoms with Crippen molar-refractivity contribution in [2.45, 2.75) is 19.4 Å². The fourth-order valence-electron chi connectivity index (χ4n) is 2.24. The van der Waals surface area contributed by atoms with E-state index in [1.165, 1.54) is 0 Å². The van der Waals surface area contributed by atoms with Crippen LogP contribution < -0.4 is 15.4 Å². The number of nitrogens with zero attached hydrogens (tertiary/aromatic N) is 1. The number of carbonyl (C=O) groups excluding carboxylic acids is 1. The van der Waals surface area contributed by atoms with E-state index in [-0.39, 0.29) is 12.5 Å². The monoisotopic (exact) mass is 303 g/mol. The van der Waals surface area contributed by atoms with E-state index >= 15 is 0 Å². The molecule has 5 nitrogen and oxygen atoms in total. The van der Waals surface area contributed by atoms with E-state index in [1.54, 1.807) is 11.3 Å². The molecule has 0 spiro atoms. The van der Waals surface area contributed by atoms with Gasteiger partial charge in [-0.15, -0.1) is 11.3 Å². The molecule has 0 saturated carbocycles. The Labute approximate surface area is 127 Å². The van der Waals surface area contributed by atoms with Gasteiger partial charge >= 0.3 is 0 Å². The average Bonchev–Trinajstić information content (AvgIpc) is 3.01. The van der Waals surface area contributed by atoms with Crippen LogP contribution in [0.1, 0.15) is 23.4 Å². The van der Waals surface area contributed by atoms with E-state index in [1.807, 2.05) is 29.8 Å². The molecule has 0 bridgehead atoms. The molecule has 0 fully saturated rings. The Bertz CT molecular complexity index is 628. The summed E-state index contributed by atoms with van der Waals surface area (Å²) in [7, 11) is 0. The molecule has 2 heterocycles. The number of benzene rings is 1. The van der Waals surface area contributed by atoms with Crippen LogP contribution in [0, 0.1) is 0 Å². The minimum absolute atomic E-state index is 0.0932. The van der Waals surface area contributed by atoms with Gasteiger partial charge in [0.05, 0.1) is 10.7 Å². The van der Waals surface area contributed by atoms with Crippen molar-refractivity contribution in [1.29, 1.82) is 0 Å². The third-order valence-corrected chi connectivity index (χ3v) is 4.34. The third-order valence-electron chi connectivity index (χ3n) is 3.33. The van der Waals surface area contributed by atoms with E-state index in [0.717, 1.165) is 35.1 Å². The minimum atomic E-state index is -0.106. The van der Waals surface area contributed by atoms with Crippen LogP contribution in [-0.4, -0.2) is 24.0 Å². The molecule has 0 saturated heterocycles. The van der Waals surface area contributed by atoms with E-state index in [9.17, 15) is 4.79 Å². The Balaban J connectivity index is 1.56. The smallest absolute Gasteiger partial charge is 0.262 e. The fraction of sp³-hybridized carbons (Fsp3) is 0.333. The van der Waals surface area contributed by atoms with Gasteiger partial charge in [0.2, 0.25) is 0 Å². The second kappa shape index (κ2) is 6.24. The van der Waals surface area contributed by atoms with Crippen molar-refractivity contribution in [2.75, 3.05) is 18.5 Å². The number of amides is 1. The van der Waals surface area contributed by atoms with E-state index < -0.39 is 0 Å². The first kappa shape index (κ1) is 14.0. The highest BCUT2D eigenvalue weighted by atomic mass is 32.1. The molecule has 1 aliphatic heterocycles. The van der Waals surface area contributed by atoms with Crippen LogP contribution in [0.15, 0.2) is 29.8 Å². The van der Waals surface area contributed by atoms with Crippen molar-refractivity contribution in [3.63, 3.8) is 0 Å². The maximum atomic E-state index is 11.3. The maximum Gasteiger partial charge on any atom is 0.262 e. The normalized spacial score (nSPS) is 15.0. The van der Waals surface area contributed by atoms with Crippen LogP contribution in [0.5, 0.6) is 5.75 Å². The Morgan fingerprint density at radius 1 is 1.52 bits per heavy atom. The number of nitrogens with one attached hydrogen (secondary N) is 2. The van der Waals surface area contributed by atoms with Crippen LogP contribution in [0.25, 0.3) is 0 Å². The van der Waals surface area contributed by atoms with Crippen molar-refractivity contribution < 1.29 is 9.53 Å². The number of hydrogen-bond acceptors (Lipinski definition) is 5. The summed E-state index contributed by atoms with van der Waals surface area (Å²) in [5, 5.41) is 9.39. The SMILES string of the molecule is CC(CNCc1ccc2c(c1)NC(=O)CO2)c1nccs1. The summed E-state index contributed by atoms with van der Waals surface area (Å²) in [5.41, 5.74) is 1.87. The predicted octanol–water partition coefficient (Wildman–Crippen LogP) is 2.37. The van der Waals surface area contributed by atoms with Gasteiger partial charge in [0.25, 0.3) is 5.91 Å². The van der Waals surface area contributed by atoms with E-state index in [4.69, 9.17) is 4.74 Å². The van der Waals surface area contributed by atoms with Crippen molar-refractivity contribution in [2.24, 2.45) is 0 Å². The average molecular weight is 303 g/mol. The lowest BCUT2D eigenvalue weighted by atomic mass is 10.1. The molecule has 2 aromatic rings. The number of fused-ring (bicyclic) bond motifs is 1. The Kier molecular flexibility index (Phi) is 4.17. The van der Waals surface area contributed by atoms with Crippen LogP contribution >= 0.6 is 11.3 Å². The van der Waals surface area contributed by atoms with Crippen LogP contribution in [0.4, 0.5) is 5.69 Å². The van der Waals surface area contributed by atoms with E-state index in [2.05, 4.69) is 22.5 Å². The van der Waals surface area contributed by atoms with Crippen LogP contribution in [-0.2, 0) is 11.3 Å². The number of rotatable bonds is 5. The lowest BCUT2D eigenvalue weighted by Crippen LogP contribution is -2.25. The molecule has 1 aliphatic rings. The molecule has 110 valence electrons. The molecule has 0 aliphatic carbocycles. The number of aromatic nitrogens is 1. The zero-order valence-electron chi connectivity index (χ0n) is 11.8. The zero-order chi connectivity index (χ0) is 14.7. The maximum absolute atomic E-state index is 11.3. The van der Waals surface area contributed by atoms with Crippen molar-refractivity contribution in [1.82, 2.24) is 10.3 Å². The molecule has 2 N–H and O–H groups in total. The van der Waals surface area contributed by atoms with Gasteiger partial charge in [-0.1, -0.05) is 13.0 Å². The lowest BCUT2D eigenvalue weighted by molar-refractivity contribution is -0.118. The van der Waals surface area contributed by atoms with Gasteiger partial charge in [-0.05, 0) is 17.7 Å². The van der Waals surface area contributed by atoms with Gasteiger partial charge in [0.1, 0.15) is 5.75 Å². The molecule has 1 aromatic carbocycles. The molecule has 3 rings (SSSR count). The zero-order valence-corrected chi connectivity index (χ0v) is 12.6. The summed E-state index contributed by atoms with van der Waals surface area (Å²) >= 11 is 1.68. The second-order valence-corrected chi connectivity index (χ2v) is 6.00. The highest BCUT2D eigenvalue weighted by Gasteiger charge is 2.15. The summed E-state index contributed by atoms with van der Waals surface area (Å²) in [4.78, 5) is 15.6. The molecule has 1 amide bonds. The van der Waals surface area contributed by atoms with Crippen molar-refractivity contribution >= 4 is 22.9 Å². The highest BCUT2D eigenvalue weighted by molar-refractivity contribution is 7.09. The molecule has 1 unspecified atom stereocenters. The summed E-state index contributed by atoms with van der Waals surface area (Å²) in [5.74, 6) is 1.02. The van der Waals surface area contributed by atoms with Crippen molar-refractivity contribution in [3.8, 4) is 5.75 Å². The lowest BCUT2D eigenvalue weighted by Gasteiger charge is -2.18.